The number of nitrogens with one attached hydrogen (secondary N) is 1. The van der Waals surface area contributed by atoms with Crippen LogP contribution in [0.1, 0.15) is 35.9 Å². The van der Waals surface area contributed by atoms with Crippen LogP contribution in [0.5, 0.6) is 0 Å². The molecule has 0 fully saturated rings. The number of ether oxygens (including phenoxy) is 1. The quantitative estimate of drug-likeness (QED) is 0.702. The van der Waals surface area contributed by atoms with Crippen molar-refractivity contribution in [3.63, 3.8) is 0 Å². The molecule has 2 N–H and O–H groups in total. The zero-order valence-electron chi connectivity index (χ0n) is 12.3. The van der Waals surface area contributed by atoms with Crippen LogP contribution in [-0.2, 0) is 20.9 Å². The number of nitrogens with zero attached hydrogens (tertiary/aromatic N) is 2. The SMILES string of the molecule is CCn1nc(C)cc1C(=O)N[C@H](CCC(=O)OC)C(=O)O. The number of hydrogen-bond donors (Lipinski definition) is 2. The molecule has 116 valence electrons. The highest BCUT2D eigenvalue weighted by molar-refractivity contribution is 5.95. The fourth-order valence-electron chi connectivity index (χ4n) is 1.82. The largest absolute Gasteiger partial charge is 0.480 e. The molecular weight excluding hydrogens is 278 g/mol. The van der Waals surface area contributed by atoms with Crippen molar-refractivity contribution in [2.75, 3.05) is 7.11 Å². The molecule has 8 heteroatoms. The summed E-state index contributed by atoms with van der Waals surface area (Å²) < 4.78 is 5.94. The third-order valence-corrected chi connectivity index (χ3v) is 2.90. The molecule has 0 saturated heterocycles. The van der Waals surface area contributed by atoms with E-state index in [1.54, 1.807) is 13.0 Å². The molecule has 0 aromatic carbocycles. The van der Waals surface area contributed by atoms with Crippen LogP contribution in [0, 0.1) is 6.92 Å². The highest BCUT2D eigenvalue weighted by Crippen LogP contribution is 2.06. The minimum atomic E-state index is -1.20. The van der Waals surface area contributed by atoms with Gasteiger partial charge in [0.1, 0.15) is 11.7 Å². The maximum atomic E-state index is 12.1. The van der Waals surface area contributed by atoms with E-state index in [-0.39, 0.29) is 12.8 Å². The number of esters is 1. The number of aromatic nitrogens is 2. The number of carbonyl (C=O) groups is 3. The van der Waals surface area contributed by atoms with Crippen LogP contribution in [0.25, 0.3) is 0 Å². The van der Waals surface area contributed by atoms with Crippen LogP contribution >= 0.6 is 0 Å². The molecular formula is C13H19N3O5. The zero-order chi connectivity index (χ0) is 16.0. The van der Waals surface area contributed by atoms with Crippen LogP contribution < -0.4 is 5.32 Å². The van der Waals surface area contributed by atoms with Gasteiger partial charge in [0, 0.05) is 13.0 Å². The van der Waals surface area contributed by atoms with Crippen molar-refractivity contribution < 1.29 is 24.2 Å². The summed E-state index contributed by atoms with van der Waals surface area (Å²) in [7, 11) is 1.22. The van der Waals surface area contributed by atoms with Gasteiger partial charge < -0.3 is 15.2 Å². The van der Waals surface area contributed by atoms with E-state index >= 15 is 0 Å². The number of rotatable bonds is 7. The summed E-state index contributed by atoms with van der Waals surface area (Å²) in [4.78, 5) is 34.3. The van der Waals surface area contributed by atoms with Gasteiger partial charge in [0.25, 0.3) is 5.91 Å². The molecule has 21 heavy (non-hydrogen) atoms. The Morgan fingerprint density at radius 1 is 1.48 bits per heavy atom. The molecule has 0 saturated carbocycles. The fourth-order valence-corrected chi connectivity index (χ4v) is 1.82. The number of carboxylic acids is 1. The van der Waals surface area contributed by atoms with Crippen LogP contribution in [0.2, 0.25) is 0 Å². The fraction of sp³-hybridized carbons (Fsp3) is 0.538. The van der Waals surface area contributed by atoms with Gasteiger partial charge >= 0.3 is 11.9 Å². The number of hydrogen-bond acceptors (Lipinski definition) is 5. The molecule has 0 aliphatic rings. The van der Waals surface area contributed by atoms with Gasteiger partial charge in [-0.05, 0) is 26.3 Å². The summed E-state index contributed by atoms with van der Waals surface area (Å²) in [6, 6.07) is 0.426. The summed E-state index contributed by atoms with van der Waals surface area (Å²) in [5, 5.41) is 15.6. The smallest absolute Gasteiger partial charge is 0.326 e. The first-order chi connectivity index (χ1) is 9.88. The van der Waals surface area contributed by atoms with Gasteiger partial charge in [0.05, 0.1) is 12.8 Å². The third-order valence-electron chi connectivity index (χ3n) is 2.90. The molecule has 0 aliphatic heterocycles. The van der Waals surface area contributed by atoms with Crippen molar-refractivity contribution in [3.05, 3.63) is 17.5 Å². The van der Waals surface area contributed by atoms with Gasteiger partial charge in [-0.15, -0.1) is 0 Å². The number of aliphatic carboxylic acids is 1. The van der Waals surface area contributed by atoms with Gasteiger partial charge in [0.2, 0.25) is 0 Å². The minimum Gasteiger partial charge on any atom is -0.480 e. The summed E-state index contributed by atoms with van der Waals surface area (Å²) >= 11 is 0. The summed E-state index contributed by atoms with van der Waals surface area (Å²) in [5.41, 5.74) is 0.961. The van der Waals surface area contributed by atoms with E-state index in [0.717, 1.165) is 0 Å². The molecule has 1 rings (SSSR count). The maximum absolute atomic E-state index is 12.1. The van der Waals surface area contributed by atoms with Gasteiger partial charge in [-0.25, -0.2) is 4.79 Å². The molecule has 1 amide bonds. The van der Waals surface area contributed by atoms with Crippen molar-refractivity contribution in [1.29, 1.82) is 0 Å². The molecule has 1 heterocycles. The molecule has 0 spiro atoms. The molecule has 1 atom stereocenters. The van der Waals surface area contributed by atoms with Crippen molar-refractivity contribution in [1.82, 2.24) is 15.1 Å². The predicted molar refractivity (Wildman–Crippen MR) is 72.8 cm³/mol. The number of carboxylic acid groups (broad SMARTS) is 1. The van der Waals surface area contributed by atoms with Crippen LogP contribution in [0.3, 0.4) is 0 Å². The molecule has 0 radical (unpaired) electrons. The monoisotopic (exact) mass is 297 g/mol. The van der Waals surface area contributed by atoms with Crippen LogP contribution in [-0.4, -0.2) is 45.9 Å². The first-order valence-electron chi connectivity index (χ1n) is 6.54. The first kappa shape index (κ1) is 16.7. The van der Waals surface area contributed by atoms with E-state index in [9.17, 15) is 14.4 Å². The standard InChI is InChI=1S/C13H19N3O5/c1-4-16-10(7-8(2)15-16)12(18)14-9(13(19)20)5-6-11(17)21-3/h7,9H,4-6H2,1-3H3,(H,14,18)(H,19,20)/t9-/m1/s1. The Labute approximate surface area is 122 Å². The van der Waals surface area contributed by atoms with Crippen molar-refractivity contribution in [2.24, 2.45) is 0 Å². The lowest BCUT2D eigenvalue weighted by molar-refractivity contribution is -0.142. The number of carbonyl (C=O) groups excluding carboxylic acids is 2. The lowest BCUT2D eigenvalue weighted by Crippen LogP contribution is -2.41. The topological polar surface area (TPSA) is 111 Å². The Bertz CT molecular complexity index is 538. The van der Waals surface area contributed by atoms with E-state index in [1.165, 1.54) is 11.8 Å². The second-order valence-corrected chi connectivity index (χ2v) is 4.47. The summed E-state index contributed by atoms with van der Waals surface area (Å²) in [5.74, 6) is -2.26. The second kappa shape index (κ2) is 7.41. The predicted octanol–water partition coefficient (Wildman–Crippen LogP) is 0.348. The van der Waals surface area contributed by atoms with Crippen LogP contribution in [0.15, 0.2) is 6.07 Å². The highest BCUT2D eigenvalue weighted by Gasteiger charge is 2.23. The van der Waals surface area contributed by atoms with E-state index in [0.29, 0.717) is 17.9 Å². The van der Waals surface area contributed by atoms with Crippen molar-refractivity contribution in [2.45, 2.75) is 39.3 Å². The average molecular weight is 297 g/mol. The summed E-state index contributed by atoms with van der Waals surface area (Å²) in [6.45, 7) is 4.07. The van der Waals surface area contributed by atoms with Crippen molar-refractivity contribution in [3.8, 4) is 0 Å². The molecule has 0 unspecified atom stereocenters. The molecule has 1 aromatic rings. The Hall–Kier alpha value is -2.38. The normalized spacial score (nSPS) is 11.8. The Morgan fingerprint density at radius 2 is 2.14 bits per heavy atom. The zero-order valence-corrected chi connectivity index (χ0v) is 12.3. The third kappa shape index (κ3) is 4.59. The lowest BCUT2D eigenvalue weighted by Gasteiger charge is -2.14. The summed E-state index contributed by atoms with van der Waals surface area (Å²) in [6.07, 6.45) is -0.118. The van der Waals surface area contributed by atoms with Gasteiger partial charge in [-0.1, -0.05) is 0 Å². The first-order valence-corrected chi connectivity index (χ1v) is 6.54. The maximum Gasteiger partial charge on any atom is 0.326 e. The van der Waals surface area contributed by atoms with Gasteiger partial charge in [0.15, 0.2) is 0 Å². The minimum absolute atomic E-state index is 0.0347. The highest BCUT2D eigenvalue weighted by atomic mass is 16.5. The molecule has 8 nitrogen and oxygen atoms in total. The average Bonchev–Trinajstić information content (AvgIpc) is 2.83. The Kier molecular flexibility index (Phi) is 5.89. The van der Waals surface area contributed by atoms with Gasteiger partial charge in [-0.3, -0.25) is 14.3 Å². The van der Waals surface area contributed by atoms with Crippen molar-refractivity contribution >= 4 is 17.8 Å². The number of methoxy groups -OCH3 is 1. The molecule has 0 bridgehead atoms. The molecule has 1 aromatic heterocycles. The number of aryl methyl sites for hydroxylation is 2. The molecule has 0 aliphatic carbocycles. The number of amides is 1. The van der Waals surface area contributed by atoms with E-state index < -0.39 is 23.9 Å². The van der Waals surface area contributed by atoms with Gasteiger partial charge in [-0.2, -0.15) is 5.10 Å². The lowest BCUT2D eigenvalue weighted by atomic mass is 10.1. The van der Waals surface area contributed by atoms with E-state index in [1.807, 2.05) is 6.92 Å². The van der Waals surface area contributed by atoms with E-state index in [4.69, 9.17) is 5.11 Å². The Morgan fingerprint density at radius 3 is 2.67 bits per heavy atom. The van der Waals surface area contributed by atoms with E-state index in [2.05, 4.69) is 15.2 Å². The second-order valence-electron chi connectivity index (χ2n) is 4.47. The van der Waals surface area contributed by atoms with Crippen LogP contribution in [0.4, 0.5) is 0 Å². The Balaban J connectivity index is 2.76.